The Morgan fingerprint density at radius 2 is 1.84 bits per heavy atom. The lowest BCUT2D eigenvalue weighted by Crippen LogP contribution is -2.01. The number of ketones is 1. The van der Waals surface area contributed by atoms with Crippen molar-refractivity contribution in [2.24, 2.45) is 0 Å². The summed E-state index contributed by atoms with van der Waals surface area (Å²) in [7, 11) is 0. The molecule has 1 heterocycles. The highest BCUT2D eigenvalue weighted by molar-refractivity contribution is 6.35. The van der Waals surface area contributed by atoms with Crippen LogP contribution in [-0.4, -0.2) is 10.8 Å². The van der Waals surface area contributed by atoms with Crippen LogP contribution >= 0.6 is 11.6 Å². The van der Waals surface area contributed by atoms with Crippen LogP contribution in [0.25, 0.3) is 10.9 Å². The Balaban J connectivity index is 2.09. The molecule has 0 radical (unpaired) electrons. The van der Waals surface area contributed by atoms with E-state index in [1.54, 1.807) is 24.4 Å². The highest BCUT2D eigenvalue weighted by atomic mass is 35.5. The van der Waals surface area contributed by atoms with Gasteiger partial charge < -0.3 is 0 Å². The Morgan fingerprint density at radius 3 is 2.68 bits per heavy atom. The predicted molar refractivity (Wildman–Crippen MR) is 76.6 cm³/mol. The average Bonchev–Trinajstić information content (AvgIpc) is 2.46. The quantitative estimate of drug-likeness (QED) is 0.654. The van der Waals surface area contributed by atoms with Crippen LogP contribution in [0.15, 0.2) is 60.8 Å². The van der Waals surface area contributed by atoms with E-state index in [4.69, 9.17) is 11.6 Å². The Labute approximate surface area is 115 Å². The number of pyridine rings is 1. The molecule has 0 atom stereocenters. The molecule has 0 bridgehead atoms. The van der Waals surface area contributed by atoms with Crippen LogP contribution in [0.3, 0.4) is 0 Å². The van der Waals surface area contributed by atoms with Crippen molar-refractivity contribution < 1.29 is 4.79 Å². The second-order valence-corrected chi connectivity index (χ2v) is 4.63. The minimum Gasteiger partial charge on any atom is -0.289 e. The maximum absolute atomic E-state index is 12.4. The van der Waals surface area contributed by atoms with E-state index < -0.39 is 0 Å². The van der Waals surface area contributed by atoms with Gasteiger partial charge in [-0.3, -0.25) is 9.78 Å². The fourth-order valence-corrected chi connectivity index (χ4v) is 2.24. The van der Waals surface area contributed by atoms with Crippen LogP contribution in [0.2, 0.25) is 5.02 Å². The summed E-state index contributed by atoms with van der Waals surface area (Å²) < 4.78 is 0. The number of benzene rings is 2. The number of aromatic nitrogens is 1. The van der Waals surface area contributed by atoms with Gasteiger partial charge in [-0.15, -0.1) is 0 Å². The number of halogens is 1. The van der Waals surface area contributed by atoms with E-state index in [9.17, 15) is 4.79 Å². The molecule has 0 unspecified atom stereocenters. The average molecular weight is 268 g/mol. The van der Waals surface area contributed by atoms with Crippen molar-refractivity contribution in [2.45, 2.75) is 0 Å². The first kappa shape index (κ1) is 11.9. The van der Waals surface area contributed by atoms with Crippen molar-refractivity contribution in [3.05, 3.63) is 76.9 Å². The number of carbonyl (C=O) groups is 1. The van der Waals surface area contributed by atoms with Crippen LogP contribution in [-0.2, 0) is 0 Å². The smallest absolute Gasteiger partial charge is 0.194 e. The molecule has 0 saturated heterocycles. The van der Waals surface area contributed by atoms with Crippen molar-refractivity contribution >= 4 is 28.3 Å². The normalized spacial score (nSPS) is 10.6. The monoisotopic (exact) mass is 267 g/mol. The van der Waals surface area contributed by atoms with Crippen LogP contribution in [0.1, 0.15) is 15.9 Å². The van der Waals surface area contributed by atoms with Gasteiger partial charge in [0, 0.05) is 22.7 Å². The number of fused-ring (bicyclic) bond motifs is 1. The summed E-state index contributed by atoms with van der Waals surface area (Å²) in [6.45, 7) is 0. The van der Waals surface area contributed by atoms with E-state index in [2.05, 4.69) is 4.98 Å². The molecular formula is C16H10ClNO. The van der Waals surface area contributed by atoms with Crippen molar-refractivity contribution in [1.29, 1.82) is 0 Å². The Bertz CT molecular complexity index is 767. The van der Waals surface area contributed by atoms with E-state index in [1.165, 1.54) is 0 Å². The van der Waals surface area contributed by atoms with Gasteiger partial charge in [-0.05, 0) is 36.4 Å². The predicted octanol–water partition coefficient (Wildman–Crippen LogP) is 4.12. The van der Waals surface area contributed by atoms with E-state index in [0.717, 1.165) is 10.9 Å². The van der Waals surface area contributed by atoms with E-state index in [0.29, 0.717) is 16.1 Å². The van der Waals surface area contributed by atoms with Gasteiger partial charge in [-0.2, -0.15) is 0 Å². The number of hydrogen-bond donors (Lipinski definition) is 0. The molecule has 3 aromatic rings. The number of hydrogen-bond acceptors (Lipinski definition) is 2. The molecule has 2 aromatic carbocycles. The van der Waals surface area contributed by atoms with Gasteiger partial charge >= 0.3 is 0 Å². The summed E-state index contributed by atoms with van der Waals surface area (Å²) in [6, 6.07) is 16.3. The molecule has 0 amide bonds. The molecule has 0 aliphatic heterocycles. The first-order valence-corrected chi connectivity index (χ1v) is 6.27. The molecular weight excluding hydrogens is 258 g/mol. The minimum absolute atomic E-state index is 0.0728. The van der Waals surface area contributed by atoms with Crippen LogP contribution in [0.4, 0.5) is 0 Å². The third-order valence-electron chi connectivity index (χ3n) is 2.98. The van der Waals surface area contributed by atoms with Crippen molar-refractivity contribution in [1.82, 2.24) is 4.98 Å². The summed E-state index contributed by atoms with van der Waals surface area (Å²) in [5.74, 6) is -0.0728. The first-order chi connectivity index (χ1) is 9.25. The number of rotatable bonds is 2. The lowest BCUT2D eigenvalue weighted by atomic mass is 10.0. The molecule has 1 aromatic heterocycles. The lowest BCUT2D eigenvalue weighted by molar-refractivity contribution is 0.103. The zero-order valence-electron chi connectivity index (χ0n) is 10.0. The maximum Gasteiger partial charge on any atom is 0.194 e. The van der Waals surface area contributed by atoms with E-state index in [-0.39, 0.29) is 5.78 Å². The molecule has 0 fully saturated rings. The van der Waals surface area contributed by atoms with Gasteiger partial charge in [-0.25, -0.2) is 0 Å². The molecule has 0 spiro atoms. The fraction of sp³-hybridized carbons (Fsp3) is 0. The van der Waals surface area contributed by atoms with Gasteiger partial charge in [-0.1, -0.05) is 29.8 Å². The zero-order chi connectivity index (χ0) is 13.2. The maximum atomic E-state index is 12.4. The van der Waals surface area contributed by atoms with Crippen LogP contribution in [0, 0.1) is 0 Å². The zero-order valence-corrected chi connectivity index (χ0v) is 10.8. The van der Waals surface area contributed by atoms with Crippen molar-refractivity contribution in [3.8, 4) is 0 Å². The third kappa shape index (κ3) is 2.23. The van der Waals surface area contributed by atoms with E-state index >= 15 is 0 Å². The van der Waals surface area contributed by atoms with Gasteiger partial charge in [0.25, 0.3) is 0 Å². The summed E-state index contributed by atoms with van der Waals surface area (Å²) >= 11 is 6.05. The summed E-state index contributed by atoms with van der Waals surface area (Å²) in [5.41, 5.74) is 2.01. The van der Waals surface area contributed by atoms with Crippen LogP contribution in [0.5, 0.6) is 0 Å². The molecule has 0 aliphatic rings. The minimum atomic E-state index is -0.0728. The molecule has 2 nitrogen and oxygen atoms in total. The Kier molecular flexibility index (Phi) is 3.02. The fourth-order valence-electron chi connectivity index (χ4n) is 2.02. The highest BCUT2D eigenvalue weighted by Crippen LogP contribution is 2.21. The SMILES string of the molecule is O=C(c1ccc2ncccc2c1)c1ccccc1Cl. The molecule has 19 heavy (non-hydrogen) atoms. The second-order valence-electron chi connectivity index (χ2n) is 4.22. The highest BCUT2D eigenvalue weighted by Gasteiger charge is 2.12. The first-order valence-electron chi connectivity index (χ1n) is 5.90. The number of carbonyl (C=O) groups excluding carboxylic acids is 1. The van der Waals surface area contributed by atoms with Crippen molar-refractivity contribution in [2.75, 3.05) is 0 Å². The van der Waals surface area contributed by atoms with Gasteiger partial charge in [0.2, 0.25) is 0 Å². The topological polar surface area (TPSA) is 30.0 Å². The van der Waals surface area contributed by atoms with Crippen LogP contribution < -0.4 is 0 Å². The summed E-state index contributed by atoms with van der Waals surface area (Å²) in [4.78, 5) is 16.6. The molecule has 0 N–H and O–H groups in total. The summed E-state index contributed by atoms with van der Waals surface area (Å²) in [5, 5.41) is 1.42. The van der Waals surface area contributed by atoms with Gasteiger partial charge in [0.05, 0.1) is 10.5 Å². The lowest BCUT2D eigenvalue weighted by Gasteiger charge is -2.04. The Morgan fingerprint density at radius 1 is 1.00 bits per heavy atom. The third-order valence-corrected chi connectivity index (χ3v) is 3.31. The largest absolute Gasteiger partial charge is 0.289 e. The molecule has 92 valence electrons. The van der Waals surface area contributed by atoms with Gasteiger partial charge in [0.1, 0.15) is 0 Å². The van der Waals surface area contributed by atoms with Gasteiger partial charge in [0.15, 0.2) is 5.78 Å². The molecule has 0 saturated carbocycles. The molecule has 0 aliphatic carbocycles. The van der Waals surface area contributed by atoms with Crippen molar-refractivity contribution in [3.63, 3.8) is 0 Å². The molecule has 3 rings (SSSR count). The number of nitrogens with zero attached hydrogens (tertiary/aromatic N) is 1. The Hall–Kier alpha value is -2.19. The summed E-state index contributed by atoms with van der Waals surface area (Å²) in [6.07, 6.45) is 1.73. The standard InChI is InChI=1S/C16H10ClNO/c17-14-6-2-1-5-13(14)16(19)12-7-8-15-11(10-12)4-3-9-18-15/h1-10H. The molecule has 3 heteroatoms. The van der Waals surface area contributed by atoms with E-state index in [1.807, 2.05) is 36.4 Å². The second kappa shape index (κ2) is 4.82.